The summed E-state index contributed by atoms with van der Waals surface area (Å²) < 4.78 is 11.4. The lowest BCUT2D eigenvalue weighted by Crippen LogP contribution is -2.34. The van der Waals surface area contributed by atoms with E-state index in [9.17, 15) is 9.59 Å². The van der Waals surface area contributed by atoms with Crippen molar-refractivity contribution in [2.45, 2.75) is 47.7 Å². The van der Waals surface area contributed by atoms with E-state index in [0.717, 1.165) is 48.7 Å². The van der Waals surface area contributed by atoms with Crippen molar-refractivity contribution in [3.63, 3.8) is 0 Å². The molecule has 2 aromatic carbocycles. The normalized spacial score (nSPS) is 18.5. The van der Waals surface area contributed by atoms with Gasteiger partial charge in [0.15, 0.2) is 0 Å². The van der Waals surface area contributed by atoms with Gasteiger partial charge in [0.2, 0.25) is 0 Å². The summed E-state index contributed by atoms with van der Waals surface area (Å²) in [5.41, 5.74) is 2.54. The van der Waals surface area contributed by atoms with Gasteiger partial charge < -0.3 is 19.3 Å². The van der Waals surface area contributed by atoms with Gasteiger partial charge in [-0.3, -0.25) is 9.59 Å². The lowest BCUT2D eigenvalue weighted by Gasteiger charge is -2.22. The molecule has 2 fully saturated rings. The Morgan fingerprint density at radius 3 is 1.62 bits per heavy atom. The van der Waals surface area contributed by atoms with E-state index in [-0.39, 0.29) is 24.0 Å². The minimum atomic E-state index is -0.0816. The zero-order valence-electron chi connectivity index (χ0n) is 23.6. The highest BCUT2D eigenvalue weighted by Crippen LogP contribution is 2.43. The van der Waals surface area contributed by atoms with Crippen LogP contribution < -0.4 is 0 Å². The number of hydrogen-bond donors (Lipinski definition) is 0. The number of carbonyl (C=O) groups is 2. The van der Waals surface area contributed by atoms with Crippen LogP contribution in [0.15, 0.2) is 59.1 Å². The minimum Gasteiger partial charge on any atom is -0.376 e. The Morgan fingerprint density at radius 2 is 1.21 bits per heavy atom. The summed E-state index contributed by atoms with van der Waals surface area (Å²) in [6, 6.07) is 7.54. The molecule has 6 rings (SSSR count). The number of rotatable bonds is 9. The molecule has 2 atom stereocenters. The van der Waals surface area contributed by atoms with Crippen LogP contribution >= 0.6 is 21.6 Å². The smallest absolute Gasteiger partial charge is 0.254 e. The first-order chi connectivity index (χ1) is 20.5. The van der Waals surface area contributed by atoms with Crippen LogP contribution in [0.25, 0.3) is 21.8 Å². The fraction of sp³-hybridized carbons (Fsp3) is 0.400. The molecule has 2 aliphatic heterocycles. The Balaban J connectivity index is 1.22. The van der Waals surface area contributed by atoms with E-state index in [1.54, 1.807) is 36.3 Å². The van der Waals surface area contributed by atoms with Gasteiger partial charge in [0.25, 0.3) is 11.8 Å². The molecule has 2 saturated heterocycles. The molecule has 10 nitrogen and oxygen atoms in total. The average Bonchev–Trinajstić information content (AvgIpc) is 3.73. The third kappa shape index (κ3) is 6.07. The molecule has 2 unspecified atom stereocenters. The maximum absolute atomic E-state index is 13.4. The van der Waals surface area contributed by atoms with Crippen LogP contribution in [-0.4, -0.2) is 94.2 Å². The molecule has 42 heavy (non-hydrogen) atoms. The molecule has 2 aliphatic rings. The SMILES string of the molecule is CN(CC1CCCO1)C(=O)c1ccc(SSc2ccc(C(=O)N(C)CC3CCCO3)c3cncnc23)c2ncncc12. The second-order valence-corrected chi connectivity index (χ2v) is 12.8. The van der Waals surface area contributed by atoms with Crippen molar-refractivity contribution in [1.82, 2.24) is 29.7 Å². The molecule has 218 valence electrons. The molecule has 12 heteroatoms. The van der Waals surface area contributed by atoms with Crippen molar-refractivity contribution in [1.29, 1.82) is 0 Å². The van der Waals surface area contributed by atoms with Crippen molar-refractivity contribution in [2.75, 3.05) is 40.4 Å². The highest BCUT2D eigenvalue weighted by atomic mass is 33.1. The van der Waals surface area contributed by atoms with Crippen molar-refractivity contribution in [3.05, 3.63) is 60.4 Å². The van der Waals surface area contributed by atoms with Crippen molar-refractivity contribution < 1.29 is 19.1 Å². The van der Waals surface area contributed by atoms with Gasteiger partial charge in [-0.2, -0.15) is 0 Å². The van der Waals surface area contributed by atoms with Crippen LogP contribution in [0.2, 0.25) is 0 Å². The average molecular weight is 605 g/mol. The monoisotopic (exact) mass is 604 g/mol. The van der Waals surface area contributed by atoms with Crippen LogP contribution in [0.3, 0.4) is 0 Å². The Labute approximate surface area is 252 Å². The first-order valence-electron chi connectivity index (χ1n) is 14.0. The van der Waals surface area contributed by atoms with Gasteiger partial charge in [0.1, 0.15) is 12.7 Å². The Morgan fingerprint density at radius 1 is 0.762 bits per heavy atom. The molecule has 0 aliphatic carbocycles. The number of benzene rings is 2. The van der Waals surface area contributed by atoms with Gasteiger partial charge in [-0.15, -0.1) is 0 Å². The van der Waals surface area contributed by atoms with Crippen molar-refractivity contribution in [2.24, 2.45) is 0 Å². The van der Waals surface area contributed by atoms with E-state index in [1.807, 2.05) is 24.3 Å². The van der Waals surface area contributed by atoms with Crippen LogP contribution in [0.4, 0.5) is 0 Å². The van der Waals surface area contributed by atoms with Crippen LogP contribution in [0.1, 0.15) is 46.4 Å². The molecule has 0 spiro atoms. The zero-order valence-corrected chi connectivity index (χ0v) is 25.2. The number of hydrogen-bond acceptors (Lipinski definition) is 10. The molecule has 0 bridgehead atoms. The van der Waals surface area contributed by atoms with Gasteiger partial charge >= 0.3 is 0 Å². The van der Waals surface area contributed by atoms with Gasteiger partial charge in [-0.05, 0) is 49.9 Å². The van der Waals surface area contributed by atoms with Crippen molar-refractivity contribution >= 4 is 55.2 Å². The lowest BCUT2D eigenvalue weighted by atomic mass is 10.1. The van der Waals surface area contributed by atoms with Gasteiger partial charge in [0.05, 0.1) is 34.4 Å². The summed E-state index contributed by atoms with van der Waals surface area (Å²) in [4.78, 5) is 49.4. The second kappa shape index (κ2) is 12.9. The summed E-state index contributed by atoms with van der Waals surface area (Å²) in [6.45, 7) is 2.61. The molecular weight excluding hydrogens is 573 g/mol. The third-order valence-corrected chi connectivity index (χ3v) is 10.1. The number of aromatic nitrogens is 4. The van der Waals surface area contributed by atoms with Crippen LogP contribution in [0.5, 0.6) is 0 Å². The number of carbonyl (C=O) groups excluding carboxylic acids is 2. The second-order valence-electron chi connectivity index (χ2n) is 10.6. The fourth-order valence-electron chi connectivity index (χ4n) is 5.46. The summed E-state index contributed by atoms with van der Waals surface area (Å²) >= 11 is 0. The third-order valence-electron chi connectivity index (χ3n) is 7.65. The van der Waals surface area contributed by atoms with Gasteiger partial charge in [-0.25, -0.2) is 19.9 Å². The topological polar surface area (TPSA) is 111 Å². The number of likely N-dealkylation sites (N-methyl/N-ethyl adjacent to an activating group) is 2. The largest absolute Gasteiger partial charge is 0.376 e. The van der Waals surface area contributed by atoms with E-state index >= 15 is 0 Å². The Hall–Kier alpha value is -3.32. The molecule has 0 radical (unpaired) electrons. The van der Waals surface area contributed by atoms with Crippen LogP contribution in [0, 0.1) is 0 Å². The molecule has 0 saturated carbocycles. The van der Waals surface area contributed by atoms with Crippen molar-refractivity contribution in [3.8, 4) is 0 Å². The van der Waals surface area contributed by atoms with Crippen LogP contribution in [-0.2, 0) is 9.47 Å². The summed E-state index contributed by atoms with van der Waals surface area (Å²) in [5, 5.41) is 1.41. The van der Waals surface area contributed by atoms with E-state index < -0.39 is 0 Å². The number of nitrogens with zero attached hydrogens (tertiary/aromatic N) is 6. The first-order valence-corrected chi connectivity index (χ1v) is 16.2. The summed E-state index contributed by atoms with van der Waals surface area (Å²) in [6.07, 6.45) is 10.5. The lowest BCUT2D eigenvalue weighted by molar-refractivity contribution is 0.0586. The maximum Gasteiger partial charge on any atom is 0.254 e. The van der Waals surface area contributed by atoms with E-state index in [4.69, 9.17) is 9.47 Å². The Bertz CT molecular complexity index is 1490. The summed E-state index contributed by atoms with van der Waals surface area (Å²) in [7, 11) is 6.66. The molecule has 4 aromatic rings. The van der Waals surface area contributed by atoms with E-state index in [0.29, 0.717) is 46.0 Å². The highest BCUT2D eigenvalue weighted by Gasteiger charge is 2.25. The number of fused-ring (bicyclic) bond motifs is 2. The molecular formula is C30H32N6O4S2. The first kappa shape index (κ1) is 28.8. The zero-order chi connectivity index (χ0) is 29.1. The number of ether oxygens (including phenoxy) is 2. The fourth-order valence-corrected chi connectivity index (χ4v) is 7.72. The standard InChI is InChI=1S/C30H32N6O4S2/c1-35(15-19-5-3-11-39-19)29(37)21-7-9-25(27-23(21)13-31-17-33-27)41-42-26-10-8-22(24-14-32-18-34-28(24)26)30(38)36(2)16-20-6-4-12-40-20/h7-10,13-14,17-20H,3-6,11-12,15-16H2,1-2H3. The number of amides is 2. The molecule has 4 heterocycles. The maximum atomic E-state index is 13.4. The van der Waals surface area contributed by atoms with E-state index in [1.165, 1.54) is 34.2 Å². The van der Waals surface area contributed by atoms with Gasteiger partial charge in [-0.1, -0.05) is 21.6 Å². The highest BCUT2D eigenvalue weighted by molar-refractivity contribution is 8.76. The molecule has 0 N–H and O–H groups in total. The van der Waals surface area contributed by atoms with E-state index in [2.05, 4.69) is 19.9 Å². The predicted molar refractivity (Wildman–Crippen MR) is 163 cm³/mol. The minimum absolute atomic E-state index is 0.0784. The molecule has 2 aromatic heterocycles. The summed E-state index contributed by atoms with van der Waals surface area (Å²) in [5.74, 6) is -0.163. The van der Waals surface area contributed by atoms with Gasteiger partial charge in [0, 0.05) is 73.4 Å². The Kier molecular flexibility index (Phi) is 8.84. The predicted octanol–water partition coefficient (Wildman–Crippen LogP) is 4.87. The molecule has 2 amide bonds. The quantitative estimate of drug-likeness (QED) is 0.245.